The first-order valence-corrected chi connectivity index (χ1v) is 6.56. The fourth-order valence-electron chi connectivity index (χ4n) is 1.59. The van der Waals surface area contributed by atoms with Gasteiger partial charge < -0.3 is 9.63 Å². The monoisotopic (exact) mass is 365 g/mol. The molecule has 2 aromatic heterocycles. The van der Waals surface area contributed by atoms with Crippen LogP contribution in [0, 0.1) is 3.57 Å². The lowest BCUT2D eigenvalue weighted by molar-refractivity contribution is 0.431. The Morgan fingerprint density at radius 1 is 1.16 bits per heavy atom. The van der Waals surface area contributed by atoms with Crippen LogP contribution in [-0.2, 0) is 0 Å². The summed E-state index contributed by atoms with van der Waals surface area (Å²) in [7, 11) is 0. The van der Waals surface area contributed by atoms with Crippen LogP contribution in [0.1, 0.15) is 0 Å². The Labute approximate surface area is 122 Å². The molecule has 94 valence electrons. The van der Waals surface area contributed by atoms with Gasteiger partial charge in [0.15, 0.2) is 0 Å². The van der Waals surface area contributed by atoms with E-state index in [0.717, 1.165) is 3.57 Å². The maximum atomic E-state index is 9.68. The molecule has 0 aliphatic carbocycles. The van der Waals surface area contributed by atoms with Gasteiger partial charge in [-0.2, -0.15) is 4.98 Å². The molecule has 0 amide bonds. The van der Waals surface area contributed by atoms with Crippen LogP contribution in [0.2, 0.25) is 0 Å². The topological polar surface area (TPSA) is 72.0 Å². The molecule has 0 bridgehead atoms. The highest BCUT2D eigenvalue weighted by atomic mass is 127. The lowest BCUT2D eigenvalue weighted by Crippen LogP contribution is -1.84. The van der Waals surface area contributed by atoms with Gasteiger partial charge in [0.1, 0.15) is 11.4 Å². The molecular weight excluding hydrogens is 357 g/mol. The first kappa shape index (κ1) is 12.1. The number of phenolic OH excluding ortho intramolecular Hbond substituents is 1. The molecule has 0 aliphatic rings. The molecule has 1 N–H and O–H groups in total. The number of rotatable bonds is 2. The minimum Gasteiger partial charge on any atom is -0.507 e. The van der Waals surface area contributed by atoms with E-state index in [1.54, 1.807) is 24.4 Å². The molecule has 0 fully saturated rings. The van der Waals surface area contributed by atoms with E-state index in [-0.39, 0.29) is 5.75 Å². The first-order valence-electron chi connectivity index (χ1n) is 5.48. The van der Waals surface area contributed by atoms with Crippen molar-refractivity contribution >= 4 is 22.6 Å². The molecule has 3 aromatic rings. The molecule has 3 rings (SSSR count). The number of hydrogen-bond acceptors (Lipinski definition) is 5. The summed E-state index contributed by atoms with van der Waals surface area (Å²) in [6, 6.07) is 10.7. The van der Waals surface area contributed by atoms with Gasteiger partial charge in [0.2, 0.25) is 5.82 Å². The molecule has 1 aromatic carbocycles. The largest absolute Gasteiger partial charge is 0.507 e. The number of phenols is 1. The molecule has 0 atom stereocenters. The Balaban J connectivity index is 1.99. The van der Waals surface area contributed by atoms with Gasteiger partial charge >= 0.3 is 0 Å². The number of benzene rings is 1. The zero-order valence-corrected chi connectivity index (χ0v) is 11.8. The number of aromatic nitrogens is 3. The molecule has 0 saturated carbocycles. The molecule has 0 aliphatic heterocycles. The van der Waals surface area contributed by atoms with Crippen molar-refractivity contribution in [3.63, 3.8) is 0 Å². The van der Waals surface area contributed by atoms with Crippen molar-refractivity contribution in [1.29, 1.82) is 0 Å². The van der Waals surface area contributed by atoms with Crippen LogP contribution in [0.3, 0.4) is 0 Å². The number of halogens is 1. The summed E-state index contributed by atoms with van der Waals surface area (Å²) in [5.41, 5.74) is 1.32. The maximum Gasteiger partial charge on any atom is 0.258 e. The van der Waals surface area contributed by atoms with Crippen molar-refractivity contribution in [3.05, 3.63) is 46.2 Å². The zero-order chi connectivity index (χ0) is 13.2. The summed E-state index contributed by atoms with van der Waals surface area (Å²) in [5.74, 6) is 0.969. The lowest BCUT2D eigenvalue weighted by atomic mass is 10.2. The fraction of sp³-hybridized carbons (Fsp3) is 0. The van der Waals surface area contributed by atoms with Crippen LogP contribution in [0.25, 0.3) is 23.0 Å². The van der Waals surface area contributed by atoms with E-state index in [9.17, 15) is 5.11 Å². The van der Waals surface area contributed by atoms with E-state index in [0.29, 0.717) is 23.0 Å². The highest BCUT2D eigenvalue weighted by molar-refractivity contribution is 14.1. The third kappa shape index (κ3) is 2.43. The van der Waals surface area contributed by atoms with Gasteiger partial charge in [-0.1, -0.05) is 11.2 Å². The van der Waals surface area contributed by atoms with Crippen LogP contribution >= 0.6 is 22.6 Å². The lowest BCUT2D eigenvalue weighted by Gasteiger charge is -1.98. The maximum absolute atomic E-state index is 9.68. The Bertz CT molecular complexity index is 713. The average Bonchev–Trinajstić information content (AvgIpc) is 2.93. The highest BCUT2D eigenvalue weighted by Gasteiger charge is 2.12. The van der Waals surface area contributed by atoms with Crippen LogP contribution in [-0.4, -0.2) is 20.2 Å². The number of aromatic hydroxyl groups is 1. The van der Waals surface area contributed by atoms with Gasteiger partial charge in [0, 0.05) is 11.8 Å². The molecule has 5 nitrogen and oxygen atoms in total. The number of hydrogen-bond donors (Lipinski definition) is 1. The summed E-state index contributed by atoms with van der Waals surface area (Å²) >= 11 is 2.05. The minimum absolute atomic E-state index is 0.190. The van der Waals surface area contributed by atoms with E-state index < -0.39 is 0 Å². The Morgan fingerprint density at radius 3 is 2.79 bits per heavy atom. The SMILES string of the molecule is Oc1cc(-c2nc(-c3ccccn3)no2)ccc1I. The van der Waals surface area contributed by atoms with Crippen LogP contribution < -0.4 is 0 Å². The summed E-state index contributed by atoms with van der Waals surface area (Å²) in [6.07, 6.45) is 1.67. The van der Waals surface area contributed by atoms with Gasteiger partial charge in [-0.25, -0.2) is 0 Å². The van der Waals surface area contributed by atoms with Crippen molar-refractivity contribution in [2.75, 3.05) is 0 Å². The minimum atomic E-state index is 0.190. The molecule has 0 spiro atoms. The Hall–Kier alpha value is -1.96. The molecule has 0 radical (unpaired) electrons. The van der Waals surface area contributed by atoms with Crippen LogP contribution in [0.5, 0.6) is 5.75 Å². The normalized spacial score (nSPS) is 10.6. The first-order chi connectivity index (χ1) is 9.24. The van der Waals surface area contributed by atoms with Gasteiger partial charge in [0.05, 0.1) is 3.57 Å². The average molecular weight is 365 g/mol. The standard InChI is InChI=1S/C13H8IN3O2/c14-9-5-4-8(7-11(9)18)13-16-12(17-19-13)10-3-1-2-6-15-10/h1-7,18H. The molecule has 0 saturated heterocycles. The van der Waals surface area contributed by atoms with E-state index in [1.165, 1.54) is 0 Å². The second-order valence-electron chi connectivity index (χ2n) is 3.80. The fourth-order valence-corrected chi connectivity index (χ4v) is 1.92. The predicted molar refractivity (Wildman–Crippen MR) is 77.3 cm³/mol. The quantitative estimate of drug-likeness (QED) is 0.707. The molecule has 6 heteroatoms. The second-order valence-corrected chi connectivity index (χ2v) is 4.97. The molecular formula is C13H8IN3O2. The van der Waals surface area contributed by atoms with E-state index >= 15 is 0 Å². The van der Waals surface area contributed by atoms with Crippen LogP contribution in [0.4, 0.5) is 0 Å². The van der Waals surface area contributed by atoms with Crippen molar-refractivity contribution in [2.45, 2.75) is 0 Å². The van der Waals surface area contributed by atoms with Crippen molar-refractivity contribution < 1.29 is 9.63 Å². The van der Waals surface area contributed by atoms with E-state index in [4.69, 9.17) is 4.52 Å². The highest BCUT2D eigenvalue weighted by Crippen LogP contribution is 2.27. The Morgan fingerprint density at radius 2 is 2.05 bits per heavy atom. The third-order valence-electron chi connectivity index (χ3n) is 2.51. The van der Waals surface area contributed by atoms with Crippen LogP contribution in [0.15, 0.2) is 47.1 Å². The van der Waals surface area contributed by atoms with E-state index in [2.05, 4.69) is 15.1 Å². The predicted octanol–water partition coefficient (Wildman–Crippen LogP) is 3.11. The number of pyridine rings is 1. The summed E-state index contributed by atoms with van der Waals surface area (Å²) < 4.78 is 5.95. The van der Waals surface area contributed by atoms with E-state index in [1.807, 2.05) is 40.8 Å². The Kier molecular flexibility index (Phi) is 3.16. The van der Waals surface area contributed by atoms with Gasteiger partial charge in [0.25, 0.3) is 5.89 Å². The smallest absolute Gasteiger partial charge is 0.258 e. The van der Waals surface area contributed by atoms with Gasteiger partial charge in [-0.3, -0.25) is 4.98 Å². The van der Waals surface area contributed by atoms with Gasteiger partial charge in [-0.15, -0.1) is 0 Å². The molecule has 2 heterocycles. The zero-order valence-electron chi connectivity index (χ0n) is 9.62. The van der Waals surface area contributed by atoms with Gasteiger partial charge in [-0.05, 0) is 52.9 Å². The third-order valence-corrected chi connectivity index (χ3v) is 3.43. The van der Waals surface area contributed by atoms with Crippen molar-refractivity contribution in [1.82, 2.24) is 15.1 Å². The molecule has 0 unspecified atom stereocenters. The molecule has 19 heavy (non-hydrogen) atoms. The number of nitrogens with zero attached hydrogens (tertiary/aromatic N) is 3. The van der Waals surface area contributed by atoms with Crippen molar-refractivity contribution in [3.8, 4) is 28.7 Å². The summed E-state index contributed by atoms with van der Waals surface area (Å²) in [6.45, 7) is 0. The second kappa shape index (κ2) is 4.96. The summed E-state index contributed by atoms with van der Waals surface area (Å²) in [5, 5.41) is 13.6. The summed E-state index contributed by atoms with van der Waals surface area (Å²) in [4.78, 5) is 8.42. The van der Waals surface area contributed by atoms with Crippen molar-refractivity contribution in [2.24, 2.45) is 0 Å².